The average molecular weight is 342 g/mol. The molecule has 1 heterocycles. The molecule has 4 nitrogen and oxygen atoms in total. The summed E-state index contributed by atoms with van der Waals surface area (Å²) in [5.74, 6) is 0. The number of nitrogens with zero attached hydrogens (tertiary/aromatic N) is 2. The normalized spacial score (nSPS) is 12.2. The summed E-state index contributed by atoms with van der Waals surface area (Å²) >= 11 is 0. The van der Waals surface area contributed by atoms with Crippen molar-refractivity contribution in [2.24, 2.45) is 4.99 Å². The highest BCUT2D eigenvalue weighted by Crippen LogP contribution is 2.25. The minimum absolute atomic E-state index is 0.749. The Morgan fingerprint density at radius 2 is 1.73 bits per heavy atom. The van der Waals surface area contributed by atoms with E-state index in [9.17, 15) is 0 Å². The van der Waals surface area contributed by atoms with Gasteiger partial charge in [0.05, 0.1) is 12.9 Å². The monoisotopic (exact) mass is 342 g/mol. The Hall–Kier alpha value is -3.27. The first-order valence-electron chi connectivity index (χ1n) is 8.79. The third-order valence-corrected chi connectivity index (χ3v) is 4.65. The highest BCUT2D eigenvalue weighted by atomic mass is 15.1. The van der Waals surface area contributed by atoms with Crippen molar-refractivity contribution in [2.45, 2.75) is 13.1 Å². The summed E-state index contributed by atoms with van der Waals surface area (Å²) in [4.78, 5) is 6.41. The second-order valence-electron chi connectivity index (χ2n) is 6.40. The predicted molar refractivity (Wildman–Crippen MR) is 111 cm³/mol. The van der Waals surface area contributed by atoms with E-state index in [-0.39, 0.29) is 0 Å². The van der Waals surface area contributed by atoms with Gasteiger partial charge in [0.1, 0.15) is 0 Å². The Kier molecular flexibility index (Phi) is 4.56. The zero-order valence-electron chi connectivity index (χ0n) is 14.8. The fourth-order valence-electron chi connectivity index (χ4n) is 3.06. The molecular formula is C22H22N4. The van der Waals surface area contributed by atoms with Gasteiger partial charge < -0.3 is 15.5 Å². The van der Waals surface area contributed by atoms with Gasteiger partial charge in [-0.3, -0.25) is 4.99 Å². The summed E-state index contributed by atoms with van der Waals surface area (Å²) < 4.78 is 0. The molecule has 0 aromatic heterocycles. The molecule has 0 atom stereocenters. The zero-order chi connectivity index (χ0) is 17.8. The van der Waals surface area contributed by atoms with Gasteiger partial charge in [0.25, 0.3) is 0 Å². The molecule has 4 rings (SSSR count). The quantitative estimate of drug-likeness (QED) is 0.684. The van der Waals surface area contributed by atoms with E-state index in [0.717, 1.165) is 24.5 Å². The van der Waals surface area contributed by atoms with Crippen LogP contribution in [0.25, 0.3) is 0 Å². The van der Waals surface area contributed by atoms with Crippen LogP contribution < -0.4 is 15.5 Å². The minimum Gasteiger partial charge on any atom is -0.381 e. The number of rotatable bonds is 5. The Labute approximate surface area is 154 Å². The third-order valence-electron chi connectivity index (χ3n) is 4.65. The van der Waals surface area contributed by atoms with Crippen LogP contribution in [-0.4, -0.2) is 13.4 Å². The third kappa shape index (κ3) is 3.54. The Morgan fingerprint density at radius 3 is 2.54 bits per heavy atom. The summed E-state index contributed by atoms with van der Waals surface area (Å²) in [5, 5.41) is 6.69. The molecule has 0 saturated heterocycles. The summed E-state index contributed by atoms with van der Waals surface area (Å²) in [6.07, 6.45) is 1.76. The van der Waals surface area contributed by atoms with E-state index < -0.39 is 0 Å². The number of hydrogen-bond donors (Lipinski definition) is 2. The molecule has 2 N–H and O–H groups in total. The van der Waals surface area contributed by atoms with Gasteiger partial charge in [0, 0.05) is 36.3 Å². The lowest BCUT2D eigenvalue weighted by Gasteiger charge is -2.20. The van der Waals surface area contributed by atoms with Gasteiger partial charge in [0.2, 0.25) is 0 Å². The van der Waals surface area contributed by atoms with Crippen molar-refractivity contribution in [1.29, 1.82) is 0 Å². The van der Waals surface area contributed by atoms with Crippen LogP contribution >= 0.6 is 0 Å². The van der Waals surface area contributed by atoms with Gasteiger partial charge in [-0.05, 0) is 47.5 Å². The number of aliphatic imine (C=N–C) groups is 1. The average Bonchev–Trinajstić information content (AvgIpc) is 2.72. The van der Waals surface area contributed by atoms with Crippen LogP contribution in [0.1, 0.15) is 11.1 Å². The largest absolute Gasteiger partial charge is 0.381 e. The molecule has 3 aromatic rings. The molecule has 0 aliphatic carbocycles. The maximum atomic E-state index is 4.23. The summed E-state index contributed by atoms with van der Waals surface area (Å²) in [6.45, 7) is 1.54. The van der Waals surface area contributed by atoms with Crippen molar-refractivity contribution >= 4 is 29.1 Å². The van der Waals surface area contributed by atoms with Crippen molar-refractivity contribution in [3.63, 3.8) is 0 Å². The van der Waals surface area contributed by atoms with Gasteiger partial charge in [-0.15, -0.1) is 0 Å². The molecule has 0 bridgehead atoms. The Balaban J connectivity index is 1.40. The minimum atomic E-state index is 0.749. The van der Waals surface area contributed by atoms with Gasteiger partial charge in [-0.1, -0.05) is 36.4 Å². The topological polar surface area (TPSA) is 39.7 Å². The van der Waals surface area contributed by atoms with Crippen molar-refractivity contribution in [1.82, 2.24) is 0 Å². The van der Waals surface area contributed by atoms with Crippen LogP contribution in [0.5, 0.6) is 0 Å². The molecular weight excluding hydrogens is 320 g/mol. The molecule has 0 unspecified atom stereocenters. The lowest BCUT2D eigenvalue weighted by Crippen LogP contribution is -2.09. The second-order valence-corrected chi connectivity index (χ2v) is 6.40. The first kappa shape index (κ1) is 16.2. The van der Waals surface area contributed by atoms with Gasteiger partial charge in [-0.25, -0.2) is 0 Å². The standard InChI is InChI=1S/C22H22N4/c1-26(20-5-3-2-4-6-20)21-11-7-17(8-12-21)14-24-19-10-9-18-15-23-16-25-22(18)13-19/h2-13,16,24H,14-15H2,1H3,(H,23,25). The Morgan fingerprint density at radius 1 is 0.962 bits per heavy atom. The molecule has 3 aromatic carbocycles. The van der Waals surface area contributed by atoms with E-state index in [1.807, 2.05) is 6.07 Å². The molecule has 0 saturated carbocycles. The molecule has 0 fully saturated rings. The molecule has 0 amide bonds. The van der Waals surface area contributed by atoms with Crippen molar-refractivity contribution in [2.75, 3.05) is 22.6 Å². The summed E-state index contributed by atoms with van der Waals surface area (Å²) in [6, 6.07) is 25.4. The van der Waals surface area contributed by atoms with Gasteiger partial charge in [-0.2, -0.15) is 0 Å². The second kappa shape index (κ2) is 7.31. The van der Waals surface area contributed by atoms with Crippen molar-refractivity contribution in [3.05, 3.63) is 83.9 Å². The zero-order valence-corrected chi connectivity index (χ0v) is 14.8. The lowest BCUT2D eigenvalue weighted by atomic mass is 10.1. The molecule has 130 valence electrons. The van der Waals surface area contributed by atoms with E-state index in [1.54, 1.807) is 6.34 Å². The number of hydrogen-bond acceptors (Lipinski definition) is 4. The van der Waals surface area contributed by atoms with Gasteiger partial charge in [0.15, 0.2) is 0 Å². The maximum Gasteiger partial charge on any atom is 0.0872 e. The fourth-order valence-corrected chi connectivity index (χ4v) is 3.06. The lowest BCUT2D eigenvalue weighted by molar-refractivity contribution is 1.06. The molecule has 1 aliphatic rings. The molecule has 1 aliphatic heterocycles. The first-order valence-corrected chi connectivity index (χ1v) is 8.79. The van der Waals surface area contributed by atoms with E-state index in [2.05, 4.69) is 94.3 Å². The Bertz CT molecular complexity index is 901. The summed E-state index contributed by atoms with van der Waals surface area (Å²) in [5.41, 5.74) is 7.08. The van der Waals surface area contributed by atoms with Crippen LogP contribution in [0.15, 0.2) is 77.8 Å². The maximum absolute atomic E-state index is 4.23. The smallest absolute Gasteiger partial charge is 0.0872 e. The number of benzene rings is 3. The first-order chi connectivity index (χ1) is 12.8. The fraction of sp³-hybridized carbons (Fsp3) is 0.136. The molecule has 26 heavy (non-hydrogen) atoms. The van der Waals surface area contributed by atoms with E-state index in [0.29, 0.717) is 0 Å². The number of anilines is 4. The van der Waals surface area contributed by atoms with Crippen molar-refractivity contribution < 1.29 is 0 Å². The molecule has 0 radical (unpaired) electrons. The highest BCUT2D eigenvalue weighted by Gasteiger charge is 2.06. The van der Waals surface area contributed by atoms with Crippen LogP contribution in [0.3, 0.4) is 0 Å². The number of fused-ring (bicyclic) bond motifs is 1. The van der Waals surface area contributed by atoms with E-state index in [4.69, 9.17) is 0 Å². The predicted octanol–water partition coefficient (Wildman–Crippen LogP) is 5.02. The van der Waals surface area contributed by atoms with Crippen LogP contribution in [-0.2, 0) is 13.1 Å². The van der Waals surface area contributed by atoms with Crippen LogP contribution in [0.2, 0.25) is 0 Å². The summed E-state index contributed by atoms with van der Waals surface area (Å²) in [7, 11) is 2.09. The van der Waals surface area contributed by atoms with Crippen LogP contribution in [0.4, 0.5) is 22.7 Å². The number of nitrogens with one attached hydrogen (secondary N) is 2. The van der Waals surface area contributed by atoms with Crippen LogP contribution in [0, 0.1) is 0 Å². The van der Waals surface area contributed by atoms with Crippen molar-refractivity contribution in [3.8, 4) is 0 Å². The van der Waals surface area contributed by atoms with Gasteiger partial charge >= 0.3 is 0 Å². The van der Waals surface area contributed by atoms with E-state index in [1.165, 1.54) is 22.5 Å². The molecule has 4 heteroatoms. The number of para-hydroxylation sites is 1. The molecule has 0 spiro atoms. The SMILES string of the molecule is CN(c1ccccc1)c1ccc(CNc2ccc3c(c2)NC=NC3)cc1. The van der Waals surface area contributed by atoms with E-state index >= 15 is 0 Å². The highest BCUT2D eigenvalue weighted by molar-refractivity contribution is 5.81.